The summed E-state index contributed by atoms with van der Waals surface area (Å²) in [7, 11) is 1.75. The predicted octanol–water partition coefficient (Wildman–Crippen LogP) is 4.35. The van der Waals surface area contributed by atoms with Gasteiger partial charge in [-0.05, 0) is 45.0 Å². The molecule has 1 N–H and O–H groups in total. The Morgan fingerprint density at radius 1 is 1.43 bits per heavy atom. The van der Waals surface area contributed by atoms with Gasteiger partial charge in [0, 0.05) is 36.6 Å². The first-order valence-electron chi connectivity index (χ1n) is 7.70. The molecule has 0 aliphatic carbocycles. The van der Waals surface area contributed by atoms with E-state index in [1.807, 2.05) is 18.2 Å². The highest BCUT2D eigenvalue weighted by Crippen LogP contribution is 2.38. The van der Waals surface area contributed by atoms with Crippen LogP contribution >= 0.6 is 11.6 Å². The van der Waals surface area contributed by atoms with Crippen LogP contribution in [0, 0.1) is 0 Å². The van der Waals surface area contributed by atoms with Gasteiger partial charge in [-0.1, -0.05) is 18.5 Å². The maximum atomic E-state index is 6.16. The van der Waals surface area contributed by atoms with Crippen molar-refractivity contribution >= 4 is 11.6 Å². The second kappa shape index (κ2) is 6.99. The molecule has 4 heteroatoms. The fraction of sp³-hybridized carbons (Fsp3) is 0.647. The molecule has 1 aromatic carbocycles. The third-order valence-electron chi connectivity index (χ3n) is 4.05. The molecule has 0 fully saturated rings. The molecule has 1 heterocycles. The van der Waals surface area contributed by atoms with Gasteiger partial charge in [0.1, 0.15) is 11.9 Å². The number of rotatable bonds is 6. The van der Waals surface area contributed by atoms with Crippen molar-refractivity contribution in [3.05, 3.63) is 28.8 Å². The van der Waals surface area contributed by atoms with E-state index in [0.29, 0.717) is 6.04 Å². The fourth-order valence-electron chi connectivity index (χ4n) is 2.78. The molecular weight excluding hydrogens is 286 g/mol. The van der Waals surface area contributed by atoms with Crippen molar-refractivity contribution in [2.24, 2.45) is 0 Å². The van der Waals surface area contributed by atoms with E-state index in [1.54, 1.807) is 7.11 Å². The van der Waals surface area contributed by atoms with Crippen molar-refractivity contribution in [2.75, 3.05) is 13.7 Å². The van der Waals surface area contributed by atoms with E-state index >= 15 is 0 Å². The van der Waals surface area contributed by atoms with E-state index in [0.717, 1.165) is 36.6 Å². The number of fused-ring (bicyclic) bond motifs is 1. The highest BCUT2D eigenvalue weighted by atomic mass is 35.5. The Kier molecular flexibility index (Phi) is 5.53. The summed E-state index contributed by atoms with van der Waals surface area (Å²) in [5, 5.41) is 4.37. The minimum atomic E-state index is -0.177. The van der Waals surface area contributed by atoms with Gasteiger partial charge in [0.15, 0.2) is 0 Å². The van der Waals surface area contributed by atoms with E-state index in [4.69, 9.17) is 21.1 Å². The molecule has 0 radical (unpaired) electrons. The van der Waals surface area contributed by atoms with Crippen molar-refractivity contribution in [1.82, 2.24) is 5.32 Å². The molecule has 1 aliphatic rings. The Labute approximate surface area is 133 Å². The van der Waals surface area contributed by atoms with Crippen LogP contribution in [0.2, 0.25) is 5.02 Å². The molecule has 0 bridgehead atoms. The maximum absolute atomic E-state index is 6.16. The minimum Gasteiger partial charge on any atom is -0.490 e. The zero-order chi connectivity index (χ0) is 15.5. The Bertz CT molecular complexity index is 476. The van der Waals surface area contributed by atoms with Crippen molar-refractivity contribution in [2.45, 2.75) is 57.8 Å². The SMILES string of the molecule is CCCNC1CC(CC(C)(C)OC)Oc2ccc(Cl)cc21. The predicted molar refractivity (Wildman–Crippen MR) is 87.2 cm³/mol. The van der Waals surface area contributed by atoms with Gasteiger partial charge in [-0.3, -0.25) is 0 Å². The molecule has 21 heavy (non-hydrogen) atoms. The topological polar surface area (TPSA) is 30.5 Å². The minimum absolute atomic E-state index is 0.156. The number of nitrogens with one attached hydrogen (secondary N) is 1. The molecule has 118 valence electrons. The highest BCUT2D eigenvalue weighted by molar-refractivity contribution is 6.30. The summed E-state index contributed by atoms with van der Waals surface area (Å²) in [6.45, 7) is 7.37. The molecule has 3 nitrogen and oxygen atoms in total. The van der Waals surface area contributed by atoms with Crippen LogP contribution in [0.5, 0.6) is 5.75 Å². The van der Waals surface area contributed by atoms with E-state index in [9.17, 15) is 0 Å². The molecule has 2 rings (SSSR count). The summed E-state index contributed by atoms with van der Waals surface area (Å²) < 4.78 is 11.7. The van der Waals surface area contributed by atoms with Crippen LogP contribution in [0.3, 0.4) is 0 Å². The lowest BCUT2D eigenvalue weighted by Gasteiger charge is -2.36. The lowest BCUT2D eigenvalue weighted by molar-refractivity contribution is -0.0205. The lowest BCUT2D eigenvalue weighted by atomic mass is 9.90. The summed E-state index contributed by atoms with van der Waals surface area (Å²) in [6, 6.07) is 6.18. The molecular formula is C17H26ClNO2. The summed E-state index contributed by atoms with van der Waals surface area (Å²) in [4.78, 5) is 0. The van der Waals surface area contributed by atoms with Crippen molar-refractivity contribution in [3.8, 4) is 5.75 Å². The van der Waals surface area contributed by atoms with Gasteiger partial charge >= 0.3 is 0 Å². The Morgan fingerprint density at radius 3 is 2.86 bits per heavy atom. The summed E-state index contributed by atoms with van der Waals surface area (Å²) in [5.74, 6) is 0.941. The van der Waals surface area contributed by atoms with E-state index in [2.05, 4.69) is 26.1 Å². The Morgan fingerprint density at radius 2 is 2.19 bits per heavy atom. The van der Waals surface area contributed by atoms with E-state index < -0.39 is 0 Å². The molecule has 0 saturated carbocycles. The third kappa shape index (κ3) is 4.35. The summed E-state index contributed by atoms with van der Waals surface area (Å²) >= 11 is 6.14. The number of hydrogen-bond donors (Lipinski definition) is 1. The van der Waals surface area contributed by atoms with Crippen LogP contribution in [0.25, 0.3) is 0 Å². The first kappa shape index (κ1) is 16.6. The average Bonchev–Trinajstić information content (AvgIpc) is 2.45. The summed E-state index contributed by atoms with van der Waals surface area (Å²) in [6.07, 6.45) is 3.08. The van der Waals surface area contributed by atoms with E-state index in [-0.39, 0.29) is 11.7 Å². The van der Waals surface area contributed by atoms with Gasteiger partial charge in [0.05, 0.1) is 5.60 Å². The Balaban J connectivity index is 2.18. The Hall–Kier alpha value is -0.770. The van der Waals surface area contributed by atoms with Gasteiger partial charge in [0.25, 0.3) is 0 Å². The van der Waals surface area contributed by atoms with Gasteiger partial charge < -0.3 is 14.8 Å². The molecule has 0 aromatic heterocycles. The van der Waals surface area contributed by atoms with Gasteiger partial charge in [-0.2, -0.15) is 0 Å². The normalized spacial score (nSPS) is 21.8. The van der Waals surface area contributed by atoms with Crippen molar-refractivity contribution < 1.29 is 9.47 Å². The second-order valence-corrected chi connectivity index (χ2v) is 6.77. The second-order valence-electron chi connectivity index (χ2n) is 6.33. The smallest absolute Gasteiger partial charge is 0.124 e. The number of hydrogen-bond acceptors (Lipinski definition) is 3. The van der Waals surface area contributed by atoms with Crippen LogP contribution in [0.1, 0.15) is 51.6 Å². The number of methoxy groups -OCH3 is 1. The van der Waals surface area contributed by atoms with Gasteiger partial charge in [0.2, 0.25) is 0 Å². The lowest BCUT2D eigenvalue weighted by Crippen LogP contribution is -2.38. The summed E-state index contributed by atoms with van der Waals surface area (Å²) in [5.41, 5.74) is 0.992. The standard InChI is InChI=1S/C17H26ClNO2/c1-5-8-19-15-10-13(11-17(2,3)20-4)21-16-7-6-12(18)9-14(15)16/h6-7,9,13,15,19H,5,8,10-11H2,1-4H3. The van der Waals surface area contributed by atoms with Crippen LogP contribution in [-0.2, 0) is 4.74 Å². The number of benzene rings is 1. The molecule has 0 amide bonds. The first-order valence-corrected chi connectivity index (χ1v) is 8.07. The fourth-order valence-corrected chi connectivity index (χ4v) is 2.97. The largest absolute Gasteiger partial charge is 0.490 e. The molecule has 0 saturated heterocycles. The molecule has 2 atom stereocenters. The third-order valence-corrected chi connectivity index (χ3v) is 4.29. The monoisotopic (exact) mass is 311 g/mol. The first-order chi connectivity index (χ1) is 9.95. The zero-order valence-electron chi connectivity index (χ0n) is 13.4. The quantitative estimate of drug-likeness (QED) is 0.847. The van der Waals surface area contributed by atoms with Crippen LogP contribution in [0.4, 0.5) is 0 Å². The van der Waals surface area contributed by atoms with Crippen LogP contribution in [-0.4, -0.2) is 25.4 Å². The molecule has 2 unspecified atom stereocenters. The highest BCUT2D eigenvalue weighted by Gasteiger charge is 2.32. The maximum Gasteiger partial charge on any atom is 0.124 e. The molecule has 1 aliphatic heterocycles. The molecule has 1 aromatic rings. The van der Waals surface area contributed by atoms with Crippen LogP contribution < -0.4 is 10.1 Å². The van der Waals surface area contributed by atoms with Crippen molar-refractivity contribution in [3.63, 3.8) is 0 Å². The van der Waals surface area contributed by atoms with E-state index in [1.165, 1.54) is 5.56 Å². The van der Waals surface area contributed by atoms with Crippen molar-refractivity contribution in [1.29, 1.82) is 0 Å². The number of halogens is 1. The number of ether oxygens (including phenoxy) is 2. The van der Waals surface area contributed by atoms with Gasteiger partial charge in [-0.25, -0.2) is 0 Å². The molecule has 0 spiro atoms. The average molecular weight is 312 g/mol. The van der Waals surface area contributed by atoms with Crippen LogP contribution in [0.15, 0.2) is 18.2 Å². The zero-order valence-corrected chi connectivity index (χ0v) is 14.2. The van der Waals surface area contributed by atoms with Gasteiger partial charge in [-0.15, -0.1) is 0 Å².